The fourth-order valence-electron chi connectivity index (χ4n) is 6.58. The number of benzene rings is 1. The van der Waals surface area contributed by atoms with Gasteiger partial charge in [-0.05, 0) is 80.9 Å². The quantitative estimate of drug-likeness (QED) is 0.677. The lowest BCUT2D eigenvalue weighted by Gasteiger charge is -2.56. The third-order valence-corrected chi connectivity index (χ3v) is 7.91. The van der Waals surface area contributed by atoms with Crippen LogP contribution in [0.2, 0.25) is 0 Å². The second kappa shape index (κ2) is 6.56. The average Bonchev–Trinajstić information content (AvgIpc) is 2.84. The minimum atomic E-state index is -1.16. The molecule has 4 amide bonds. The van der Waals surface area contributed by atoms with E-state index in [1.807, 2.05) is 24.3 Å². The van der Waals surface area contributed by atoms with Crippen LogP contribution in [0.4, 0.5) is 4.79 Å². The first-order valence-electron chi connectivity index (χ1n) is 10.5. The average molecular weight is 460 g/mol. The monoisotopic (exact) mass is 459 g/mol. The van der Waals surface area contributed by atoms with Gasteiger partial charge in [-0.1, -0.05) is 28.1 Å². The Morgan fingerprint density at radius 1 is 1.17 bits per heavy atom. The van der Waals surface area contributed by atoms with Crippen molar-refractivity contribution in [3.05, 3.63) is 34.3 Å². The third kappa shape index (κ3) is 3.18. The van der Waals surface area contributed by atoms with Crippen LogP contribution in [0.1, 0.15) is 51.0 Å². The van der Waals surface area contributed by atoms with Crippen LogP contribution in [0.25, 0.3) is 0 Å². The number of nitrogens with one attached hydrogen (secondary N) is 2. The number of carbonyl (C=O) groups is 3. The molecule has 1 saturated heterocycles. The standard InChI is InChI=1S/C22H26BrN3O3/c1-21(16-3-2-4-17(23)8-16)19(28)26(20(29)25-21)12-18(27)24-22-9-13-5-14(10-22)7-15(6-13)11-22/h2-4,8,13-15H,5-7,9-12H2,1H3,(H,24,27)(H,25,29). The van der Waals surface area contributed by atoms with E-state index in [-0.39, 0.29) is 23.9 Å². The molecule has 1 aliphatic heterocycles. The number of hydrogen-bond donors (Lipinski definition) is 2. The van der Waals surface area contributed by atoms with Crippen molar-refractivity contribution in [1.29, 1.82) is 0 Å². The van der Waals surface area contributed by atoms with Gasteiger partial charge in [0.15, 0.2) is 0 Å². The van der Waals surface area contributed by atoms with Crippen molar-refractivity contribution in [3.8, 4) is 0 Å². The summed E-state index contributed by atoms with van der Waals surface area (Å²) in [4.78, 5) is 39.6. The van der Waals surface area contributed by atoms with Crippen molar-refractivity contribution in [3.63, 3.8) is 0 Å². The maximum atomic E-state index is 13.1. The number of urea groups is 1. The van der Waals surface area contributed by atoms with Gasteiger partial charge in [0.25, 0.3) is 5.91 Å². The Morgan fingerprint density at radius 2 is 1.79 bits per heavy atom. The van der Waals surface area contributed by atoms with Crippen LogP contribution in [0.15, 0.2) is 28.7 Å². The molecule has 1 atom stereocenters. The summed E-state index contributed by atoms with van der Waals surface area (Å²) >= 11 is 3.41. The van der Waals surface area contributed by atoms with Gasteiger partial charge in [0.2, 0.25) is 5.91 Å². The maximum Gasteiger partial charge on any atom is 0.325 e. The second-order valence-corrected chi connectivity index (χ2v) is 10.6. The lowest BCUT2D eigenvalue weighted by molar-refractivity contribution is -0.136. The Bertz CT molecular complexity index is 866. The van der Waals surface area contributed by atoms with Gasteiger partial charge in [-0.25, -0.2) is 4.79 Å². The predicted molar refractivity (Wildman–Crippen MR) is 111 cm³/mol. The Hall–Kier alpha value is -1.89. The fraction of sp³-hybridized carbons (Fsp3) is 0.591. The van der Waals surface area contributed by atoms with Gasteiger partial charge >= 0.3 is 6.03 Å². The minimum Gasteiger partial charge on any atom is -0.349 e. The van der Waals surface area contributed by atoms with E-state index in [1.165, 1.54) is 19.3 Å². The highest BCUT2D eigenvalue weighted by atomic mass is 79.9. The summed E-state index contributed by atoms with van der Waals surface area (Å²) in [5, 5.41) is 6.02. The summed E-state index contributed by atoms with van der Waals surface area (Å²) in [5.74, 6) is 1.55. The lowest BCUT2D eigenvalue weighted by Crippen LogP contribution is -2.61. The molecular formula is C22H26BrN3O3. The predicted octanol–water partition coefficient (Wildman–Crippen LogP) is 3.30. The van der Waals surface area contributed by atoms with Crippen molar-refractivity contribution < 1.29 is 14.4 Å². The minimum absolute atomic E-state index is 0.126. The van der Waals surface area contributed by atoms with Gasteiger partial charge in [-0.3, -0.25) is 14.5 Å². The Kier molecular flexibility index (Phi) is 4.32. The first-order chi connectivity index (χ1) is 13.8. The van der Waals surface area contributed by atoms with E-state index in [9.17, 15) is 14.4 Å². The summed E-state index contributed by atoms with van der Waals surface area (Å²) in [7, 11) is 0. The first-order valence-corrected chi connectivity index (χ1v) is 11.3. The highest BCUT2D eigenvalue weighted by Gasteiger charge is 2.53. The molecule has 5 fully saturated rings. The van der Waals surface area contributed by atoms with E-state index >= 15 is 0 Å². The zero-order valence-electron chi connectivity index (χ0n) is 16.5. The van der Waals surface area contributed by atoms with Gasteiger partial charge in [-0.15, -0.1) is 0 Å². The van der Waals surface area contributed by atoms with Crippen LogP contribution in [0, 0.1) is 17.8 Å². The molecule has 4 saturated carbocycles. The molecule has 4 aliphatic carbocycles. The molecule has 4 bridgehead atoms. The number of imide groups is 1. The Morgan fingerprint density at radius 3 is 2.38 bits per heavy atom. The second-order valence-electron chi connectivity index (χ2n) is 9.70. The molecule has 2 N–H and O–H groups in total. The molecule has 0 spiro atoms. The smallest absolute Gasteiger partial charge is 0.325 e. The molecular weight excluding hydrogens is 434 g/mol. The highest BCUT2D eigenvalue weighted by Crippen LogP contribution is 2.55. The van der Waals surface area contributed by atoms with Gasteiger partial charge in [0.05, 0.1) is 0 Å². The number of nitrogens with zero attached hydrogens (tertiary/aromatic N) is 1. The summed E-state index contributed by atoms with van der Waals surface area (Å²) in [6.45, 7) is 1.46. The fourth-order valence-corrected chi connectivity index (χ4v) is 6.98. The number of amides is 4. The van der Waals surface area contributed by atoms with Crippen molar-refractivity contribution in [2.45, 2.75) is 56.5 Å². The number of carbonyl (C=O) groups excluding carboxylic acids is 3. The van der Waals surface area contributed by atoms with Crippen molar-refractivity contribution in [1.82, 2.24) is 15.5 Å². The number of halogens is 1. The van der Waals surface area contributed by atoms with Crippen LogP contribution < -0.4 is 10.6 Å². The molecule has 29 heavy (non-hydrogen) atoms. The number of rotatable bonds is 4. The molecule has 0 radical (unpaired) electrons. The highest BCUT2D eigenvalue weighted by molar-refractivity contribution is 9.10. The molecule has 1 aromatic rings. The van der Waals surface area contributed by atoms with Crippen LogP contribution in [-0.2, 0) is 15.1 Å². The molecule has 1 aromatic carbocycles. The topological polar surface area (TPSA) is 78.5 Å². The Balaban J connectivity index is 1.30. The van der Waals surface area contributed by atoms with E-state index in [1.54, 1.807) is 6.92 Å². The normalized spacial score (nSPS) is 37.7. The molecule has 1 heterocycles. The van der Waals surface area contributed by atoms with Gasteiger partial charge in [0.1, 0.15) is 12.1 Å². The van der Waals surface area contributed by atoms with E-state index in [4.69, 9.17) is 0 Å². The number of hydrogen-bond acceptors (Lipinski definition) is 3. The van der Waals surface area contributed by atoms with Crippen LogP contribution >= 0.6 is 15.9 Å². The zero-order chi connectivity index (χ0) is 20.4. The summed E-state index contributed by atoms with van der Waals surface area (Å²) in [6.07, 6.45) is 7.02. The molecule has 7 heteroatoms. The molecule has 6 rings (SSSR count). The maximum absolute atomic E-state index is 13.1. The van der Waals surface area contributed by atoms with Gasteiger partial charge < -0.3 is 10.6 Å². The van der Waals surface area contributed by atoms with Crippen molar-refractivity contribution in [2.24, 2.45) is 17.8 Å². The van der Waals surface area contributed by atoms with Crippen LogP contribution in [-0.4, -0.2) is 34.8 Å². The van der Waals surface area contributed by atoms with E-state index in [0.717, 1.165) is 46.4 Å². The largest absolute Gasteiger partial charge is 0.349 e. The first kappa shape index (κ1) is 19.1. The van der Waals surface area contributed by atoms with Gasteiger partial charge in [-0.2, -0.15) is 0 Å². The molecule has 6 nitrogen and oxygen atoms in total. The zero-order valence-corrected chi connectivity index (χ0v) is 18.1. The molecule has 154 valence electrons. The molecule has 1 unspecified atom stereocenters. The van der Waals surface area contributed by atoms with Crippen molar-refractivity contribution >= 4 is 33.8 Å². The molecule has 5 aliphatic rings. The summed E-state index contributed by atoms with van der Waals surface area (Å²) in [5.41, 5.74) is -0.602. The van der Waals surface area contributed by atoms with Crippen LogP contribution in [0.5, 0.6) is 0 Å². The Labute approximate surface area is 178 Å². The SMILES string of the molecule is CC1(c2cccc(Br)c2)NC(=O)N(CC(=O)NC23CC4CC(CC(C4)C2)C3)C1=O. The van der Waals surface area contributed by atoms with E-state index in [0.29, 0.717) is 5.56 Å². The van der Waals surface area contributed by atoms with Gasteiger partial charge in [0, 0.05) is 10.0 Å². The summed E-state index contributed by atoms with van der Waals surface area (Å²) < 4.78 is 0.830. The van der Waals surface area contributed by atoms with Crippen molar-refractivity contribution in [2.75, 3.05) is 6.54 Å². The van der Waals surface area contributed by atoms with E-state index in [2.05, 4.69) is 26.6 Å². The van der Waals surface area contributed by atoms with Crippen LogP contribution in [0.3, 0.4) is 0 Å². The summed E-state index contributed by atoms with van der Waals surface area (Å²) in [6, 6.07) is 6.80. The third-order valence-electron chi connectivity index (χ3n) is 7.42. The van der Waals surface area contributed by atoms with E-state index < -0.39 is 11.6 Å². The molecule has 0 aromatic heterocycles. The lowest BCUT2D eigenvalue weighted by atomic mass is 9.53.